The topological polar surface area (TPSA) is 59.1 Å². The molecule has 0 radical (unpaired) electrons. The van der Waals surface area contributed by atoms with Gasteiger partial charge in [-0.15, -0.1) is 0 Å². The first kappa shape index (κ1) is 13.3. The summed E-state index contributed by atoms with van der Waals surface area (Å²) >= 11 is 0. The van der Waals surface area contributed by atoms with Gasteiger partial charge in [0.2, 0.25) is 0 Å². The smallest absolute Gasteiger partial charge is 0.0610 e. The Bertz CT molecular complexity index is 359. The van der Waals surface area contributed by atoms with Crippen molar-refractivity contribution in [3.8, 4) is 0 Å². The Kier molecular flexibility index (Phi) is 5.00. The third-order valence-electron chi connectivity index (χ3n) is 4.06. The van der Waals surface area contributed by atoms with Gasteiger partial charge in [-0.25, -0.2) is 0 Å². The summed E-state index contributed by atoms with van der Waals surface area (Å²) in [4.78, 5) is 4.09. The first-order valence-corrected chi connectivity index (χ1v) is 7.14. The third-order valence-corrected chi connectivity index (χ3v) is 4.06. The lowest BCUT2D eigenvalue weighted by Crippen LogP contribution is -2.24. The van der Waals surface area contributed by atoms with Gasteiger partial charge in [0.1, 0.15) is 0 Å². The van der Waals surface area contributed by atoms with Crippen molar-refractivity contribution < 1.29 is 5.11 Å². The highest BCUT2D eigenvalue weighted by Gasteiger charge is 2.20. The summed E-state index contributed by atoms with van der Waals surface area (Å²) in [6, 6.07) is 1.81. The average Bonchev–Trinajstić information content (AvgIpc) is 2.31. The zero-order valence-corrected chi connectivity index (χ0v) is 11.0. The molecule has 1 saturated carbocycles. The molecule has 1 aromatic rings. The van der Waals surface area contributed by atoms with E-state index in [-0.39, 0.29) is 6.10 Å². The van der Waals surface area contributed by atoms with Gasteiger partial charge in [-0.2, -0.15) is 0 Å². The molecule has 2 rings (SSSR count). The summed E-state index contributed by atoms with van der Waals surface area (Å²) in [5.41, 5.74) is 7.63. The second-order valence-electron chi connectivity index (χ2n) is 5.45. The van der Waals surface area contributed by atoms with Crippen LogP contribution in [0.4, 0.5) is 5.69 Å². The number of aliphatic hydroxyl groups is 1. The van der Waals surface area contributed by atoms with Crippen molar-refractivity contribution in [1.29, 1.82) is 0 Å². The van der Waals surface area contributed by atoms with E-state index in [0.717, 1.165) is 24.1 Å². The van der Waals surface area contributed by atoms with Crippen molar-refractivity contribution >= 4 is 5.69 Å². The molecule has 1 atom stereocenters. The van der Waals surface area contributed by atoms with E-state index in [1.165, 1.54) is 32.1 Å². The number of rotatable bonds is 3. The monoisotopic (exact) mass is 248 g/mol. The SMILES string of the molecule is Nc1ccncc1CC(O)C1CCCCCCC1. The first-order valence-electron chi connectivity index (χ1n) is 7.14. The van der Waals surface area contributed by atoms with E-state index < -0.39 is 0 Å². The molecule has 1 aliphatic rings. The van der Waals surface area contributed by atoms with Gasteiger partial charge in [0.05, 0.1) is 6.10 Å². The number of hydrogen-bond donors (Lipinski definition) is 2. The quantitative estimate of drug-likeness (QED) is 0.864. The fraction of sp³-hybridized carbons (Fsp3) is 0.667. The lowest BCUT2D eigenvalue weighted by Gasteiger charge is -2.25. The molecular formula is C15H24N2O. The highest BCUT2D eigenvalue weighted by atomic mass is 16.3. The van der Waals surface area contributed by atoms with Crippen LogP contribution in [0, 0.1) is 5.92 Å². The van der Waals surface area contributed by atoms with E-state index in [1.807, 2.05) is 0 Å². The highest BCUT2D eigenvalue weighted by molar-refractivity contribution is 5.44. The zero-order chi connectivity index (χ0) is 12.8. The summed E-state index contributed by atoms with van der Waals surface area (Å²) in [7, 11) is 0. The van der Waals surface area contributed by atoms with Crippen LogP contribution in [-0.2, 0) is 6.42 Å². The molecule has 0 bridgehead atoms. The van der Waals surface area contributed by atoms with Gasteiger partial charge in [0.15, 0.2) is 0 Å². The van der Waals surface area contributed by atoms with E-state index in [1.54, 1.807) is 18.5 Å². The average molecular weight is 248 g/mol. The molecule has 18 heavy (non-hydrogen) atoms. The summed E-state index contributed by atoms with van der Waals surface area (Å²) in [5, 5.41) is 10.4. The van der Waals surface area contributed by atoms with Crippen LogP contribution in [-0.4, -0.2) is 16.2 Å². The normalized spacial score (nSPS) is 20.1. The minimum Gasteiger partial charge on any atom is -0.398 e. The van der Waals surface area contributed by atoms with Crippen molar-refractivity contribution in [1.82, 2.24) is 4.98 Å². The van der Waals surface area contributed by atoms with Gasteiger partial charge in [-0.3, -0.25) is 4.98 Å². The third kappa shape index (κ3) is 3.70. The van der Waals surface area contributed by atoms with Crippen LogP contribution in [0.25, 0.3) is 0 Å². The molecule has 1 aromatic heterocycles. The molecule has 1 fully saturated rings. The molecule has 1 unspecified atom stereocenters. The van der Waals surface area contributed by atoms with E-state index in [2.05, 4.69) is 4.98 Å². The van der Waals surface area contributed by atoms with Crippen LogP contribution < -0.4 is 5.73 Å². The predicted octanol–water partition coefficient (Wildman–Crippen LogP) is 2.93. The fourth-order valence-electron chi connectivity index (χ4n) is 2.87. The zero-order valence-electron chi connectivity index (χ0n) is 11.0. The lowest BCUT2D eigenvalue weighted by molar-refractivity contribution is 0.0914. The Morgan fingerprint density at radius 3 is 2.56 bits per heavy atom. The lowest BCUT2D eigenvalue weighted by atomic mass is 9.85. The minimum atomic E-state index is -0.269. The maximum Gasteiger partial charge on any atom is 0.0610 e. The number of nitrogens with zero attached hydrogens (tertiary/aromatic N) is 1. The molecule has 1 aliphatic carbocycles. The van der Waals surface area contributed by atoms with E-state index in [9.17, 15) is 5.11 Å². The number of aliphatic hydroxyl groups excluding tert-OH is 1. The maximum absolute atomic E-state index is 10.4. The molecule has 1 heterocycles. The number of anilines is 1. The van der Waals surface area contributed by atoms with Gasteiger partial charge in [0.25, 0.3) is 0 Å². The van der Waals surface area contributed by atoms with Gasteiger partial charge in [-0.1, -0.05) is 32.1 Å². The van der Waals surface area contributed by atoms with Gasteiger partial charge < -0.3 is 10.8 Å². The molecule has 0 aromatic carbocycles. The standard InChI is InChI=1S/C15H24N2O/c16-14-8-9-17-11-13(14)10-15(18)12-6-4-2-1-3-5-7-12/h8-9,11-12,15,18H,1-7,10H2,(H2,16,17). The predicted molar refractivity (Wildman–Crippen MR) is 74.2 cm³/mol. The molecule has 0 amide bonds. The van der Waals surface area contributed by atoms with Crippen LogP contribution in [0.1, 0.15) is 50.5 Å². The second-order valence-corrected chi connectivity index (χ2v) is 5.45. The largest absolute Gasteiger partial charge is 0.398 e. The van der Waals surface area contributed by atoms with Crippen molar-refractivity contribution in [2.24, 2.45) is 5.92 Å². The first-order chi connectivity index (χ1) is 8.77. The minimum absolute atomic E-state index is 0.269. The Morgan fingerprint density at radius 1 is 1.22 bits per heavy atom. The Morgan fingerprint density at radius 2 is 1.89 bits per heavy atom. The number of aromatic nitrogens is 1. The Labute approximate surface area is 109 Å². The van der Waals surface area contributed by atoms with E-state index in [4.69, 9.17) is 5.73 Å². The maximum atomic E-state index is 10.4. The summed E-state index contributed by atoms with van der Waals surface area (Å²) in [5.74, 6) is 0.435. The van der Waals surface area contributed by atoms with Gasteiger partial charge >= 0.3 is 0 Å². The van der Waals surface area contributed by atoms with Crippen molar-refractivity contribution in [3.05, 3.63) is 24.0 Å². The van der Waals surface area contributed by atoms with Gasteiger partial charge in [-0.05, 0) is 30.4 Å². The van der Waals surface area contributed by atoms with Crippen LogP contribution in [0.5, 0.6) is 0 Å². The number of nitrogens with two attached hydrogens (primary N) is 1. The van der Waals surface area contributed by atoms with Crippen molar-refractivity contribution in [3.63, 3.8) is 0 Å². The number of pyridine rings is 1. The Hall–Kier alpha value is -1.09. The fourth-order valence-corrected chi connectivity index (χ4v) is 2.87. The molecule has 0 aliphatic heterocycles. The van der Waals surface area contributed by atoms with Crippen LogP contribution in [0.2, 0.25) is 0 Å². The number of hydrogen-bond acceptors (Lipinski definition) is 3. The second kappa shape index (κ2) is 6.74. The van der Waals surface area contributed by atoms with E-state index >= 15 is 0 Å². The van der Waals surface area contributed by atoms with Gasteiger partial charge in [0, 0.05) is 24.5 Å². The molecule has 3 N–H and O–H groups in total. The molecule has 3 heteroatoms. The van der Waals surface area contributed by atoms with Crippen molar-refractivity contribution in [2.45, 2.75) is 57.5 Å². The molecule has 3 nitrogen and oxygen atoms in total. The Balaban J connectivity index is 1.93. The summed E-state index contributed by atoms with van der Waals surface area (Å²) < 4.78 is 0. The number of nitrogen functional groups attached to an aromatic ring is 1. The molecule has 0 spiro atoms. The summed E-state index contributed by atoms with van der Waals surface area (Å²) in [6.45, 7) is 0. The molecule has 0 saturated heterocycles. The van der Waals surface area contributed by atoms with E-state index in [0.29, 0.717) is 12.3 Å². The van der Waals surface area contributed by atoms with Crippen molar-refractivity contribution in [2.75, 3.05) is 5.73 Å². The van der Waals surface area contributed by atoms with Crippen LogP contribution in [0.3, 0.4) is 0 Å². The van der Waals surface area contributed by atoms with Crippen LogP contribution >= 0.6 is 0 Å². The molecular weight excluding hydrogens is 224 g/mol. The summed E-state index contributed by atoms with van der Waals surface area (Å²) in [6.07, 6.45) is 12.7. The van der Waals surface area contributed by atoms with Crippen LogP contribution in [0.15, 0.2) is 18.5 Å². The molecule has 100 valence electrons. The highest BCUT2D eigenvalue weighted by Crippen LogP contribution is 2.27.